The molecule has 1 aromatic rings. The van der Waals surface area contributed by atoms with E-state index < -0.39 is 30.5 Å². The molecule has 0 aliphatic heterocycles. The van der Waals surface area contributed by atoms with Crippen LogP contribution in [0.5, 0.6) is 0 Å². The van der Waals surface area contributed by atoms with Gasteiger partial charge in [-0.25, -0.2) is 4.79 Å². The molecule has 0 radical (unpaired) electrons. The number of rotatable bonds is 10. The first-order valence-corrected chi connectivity index (χ1v) is 8.92. The number of nitrogens with one attached hydrogen (secondary N) is 1. The third kappa shape index (κ3) is 8.68. The average Bonchev–Trinajstić information content (AvgIpc) is 2.63. The fourth-order valence-corrected chi connectivity index (χ4v) is 2.40. The highest BCUT2D eigenvalue weighted by Gasteiger charge is 2.23. The third-order valence-electron chi connectivity index (χ3n) is 3.61. The van der Waals surface area contributed by atoms with E-state index in [2.05, 4.69) is 10.1 Å². The number of hydrogen-bond donors (Lipinski definition) is 1. The number of benzene rings is 1. The molecular formula is C19H24ClNO6. The van der Waals surface area contributed by atoms with Crippen molar-refractivity contribution >= 4 is 35.2 Å². The predicted molar refractivity (Wildman–Crippen MR) is 99.4 cm³/mol. The third-order valence-corrected chi connectivity index (χ3v) is 3.87. The number of Topliss-reactive ketones (excluding diaryl/α,β-unsaturated/α-hetero) is 1. The van der Waals surface area contributed by atoms with Gasteiger partial charge in [0.1, 0.15) is 6.04 Å². The molecule has 0 heterocycles. The number of esters is 2. The molecule has 0 fully saturated rings. The standard InChI is InChI=1S/C19H24ClNO6/c1-12(2)10-15(19(25)26-3)21-17(23)11-27-18(24)9-8-16(22)13-4-6-14(20)7-5-13/h4-7,12,15H,8-11H2,1-3H3,(H,21,23)/t15-/m0/s1. The first kappa shape index (κ1) is 22.6. The number of hydrogen-bond acceptors (Lipinski definition) is 6. The van der Waals surface area contributed by atoms with E-state index in [9.17, 15) is 19.2 Å². The van der Waals surface area contributed by atoms with Crippen molar-refractivity contribution in [3.05, 3.63) is 34.9 Å². The first-order valence-electron chi connectivity index (χ1n) is 8.54. The lowest BCUT2D eigenvalue weighted by molar-refractivity contribution is -0.150. The zero-order valence-electron chi connectivity index (χ0n) is 15.6. The second-order valence-corrected chi connectivity index (χ2v) is 6.80. The summed E-state index contributed by atoms with van der Waals surface area (Å²) in [7, 11) is 1.24. The molecule has 0 aliphatic rings. The van der Waals surface area contributed by atoms with Crippen LogP contribution in [0.25, 0.3) is 0 Å². The fraction of sp³-hybridized carbons (Fsp3) is 0.474. The van der Waals surface area contributed by atoms with Crippen LogP contribution >= 0.6 is 11.6 Å². The van der Waals surface area contributed by atoms with Gasteiger partial charge in [0.25, 0.3) is 5.91 Å². The quantitative estimate of drug-likeness (QED) is 0.481. The second-order valence-electron chi connectivity index (χ2n) is 6.36. The van der Waals surface area contributed by atoms with Gasteiger partial charge in [0.05, 0.1) is 13.5 Å². The lowest BCUT2D eigenvalue weighted by atomic mass is 10.0. The van der Waals surface area contributed by atoms with E-state index in [1.54, 1.807) is 24.3 Å². The first-order chi connectivity index (χ1) is 12.7. The summed E-state index contributed by atoms with van der Waals surface area (Å²) in [5.41, 5.74) is 0.444. The van der Waals surface area contributed by atoms with Crippen molar-refractivity contribution < 1.29 is 28.7 Å². The number of carbonyl (C=O) groups is 4. The van der Waals surface area contributed by atoms with Crippen LogP contribution < -0.4 is 5.32 Å². The summed E-state index contributed by atoms with van der Waals surface area (Å²) in [6.45, 7) is 3.28. The summed E-state index contributed by atoms with van der Waals surface area (Å²) in [6, 6.07) is 5.53. The van der Waals surface area contributed by atoms with Crippen molar-refractivity contribution in [3.8, 4) is 0 Å². The van der Waals surface area contributed by atoms with Gasteiger partial charge in [-0.15, -0.1) is 0 Å². The van der Waals surface area contributed by atoms with Crippen molar-refractivity contribution in [1.82, 2.24) is 5.32 Å². The molecule has 0 aliphatic carbocycles. The van der Waals surface area contributed by atoms with Crippen molar-refractivity contribution in [1.29, 1.82) is 0 Å². The Morgan fingerprint density at radius 3 is 2.26 bits per heavy atom. The van der Waals surface area contributed by atoms with E-state index >= 15 is 0 Å². The summed E-state index contributed by atoms with van der Waals surface area (Å²) < 4.78 is 9.50. The van der Waals surface area contributed by atoms with Crippen LogP contribution in [-0.2, 0) is 23.9 Å². The SMILES string of the molecule is COC(=O)[C@H](CC(C)C)NC(=O)COC(=O)CCC(=O)c1ccc(Cl)cc1. The van der Waals surface area contributed by atoms with Crippen molar-refractivity contribution in [2.45, 2.75) is 39.2 Å². The van der Waals surface area contributed by atoms with Gasteiger partial charge in [-0.1, -0.05) is 25.4 Å². The van der Waals surface area contributed by atoms with Crippen molar-refractivity contribution in [2.24, 2.45) is 5.92 Å². The minimum atomic E-state index is -0.798. The number of halogens is 1. The minimum absolute atomic E-state index is 0.0414. The van der Waals surface area contributed by atoms with E-state index in [1.807, 2.05) is 13.8 Å². The van der Waals surface area contributed by atoms with Crippen LogP contribution in [0.1, 0.15) is 43.5 Å². The topological polar surface area (TPSA) is 98.8 Å². The molecule has 0 saturated carbocycles. The molecule has 1 amide bonds. The largest absolute Gasteiger partial charge is 0.467 e. The van der Waals surface area contributed by atoms with E-state index in [-0.39, 0.29) is 24.5 Å². The Hall–Kier alpha value is -2.41. The Morgan fingerprint density at radius 2 is 1.70 bits per heavy atom. The van der Waals surface area contributed by atoms with Gasteiger partial charge in [0.2, 0.25) is 0 Å². The zero-order chi connectivity index (χ0) is 20.4. The van der Waals surface area contributed by atoms with Gasteiger partial charge in [0, 0.05) is 17.0 Å². The normalized spacial score (nSPS) is 11.6. The Morgan fingerprint density at radius 1 is 1.07 bits per heavy atom. The molecule has 0 saturated heterocycles. The summed E-state index contributed by atoms with van der Waals surface area (Å²) in [5, 5.41) is 2.99. The minimum Gasteiger partial charge on any atom is -0.467 e. The van der Waals surface area contributed by atoms with Gasteiger partial charge in [-0.3, -0.25) is 14.4 Å². The molecule has 1 N–H and O–H groups in total. The average molecular weight is 398 g/mol. The van der Waals surface area contributed by atoms with Crippen LogP contribution in [-0.4, -0.2) is 43.4 Å². The molecule has 1 aromatic carbocycles. The maximum absolute atomic E-state index is 12.0. The highest BCUT2D eigenvalue weighted by atomic mass is 35.5. The maximum atomic E-state index is 12.0. The summed E-state index contributed by atoms with van der Waals surface area (Å²) in [6.07, 6.45) is 0.212. The monoisotopic (exact) mass is 397 g/mol. The zero-order valence-corrected chi connectivity index (χ0v) is 16.4. The number of methoxy groups -OCH3 is 1. The lowest BCUT2D eigenvalue weighted by Crippen LogP contribution is -2.44. The number of carbonyl (C=O) groups excluding carboxylic acids is 4. The van der Waals surface area contributed by atoms with Crippen LogP contribution in [0.4, 0.5) is 0 Å². The molecule has 0 unspecified atom stereocenters. The van der Waals surface area contributed by atoms with E-state index in [4.69, 9.17) is 16.3 Å². The molecule has 0 bridgehead atoms. The molecule has 7 nitrogen and oxygen atoms in total. The van der Waals surface area contributed by atoms with Gasteiger partial charge >= 0.3 is 11.9 Å². The summed E-state index contributed by atoms with van der Waals surface area (Å²) >= 11 is 5.75. The molecular weight excluding hydrogens is 374 g/mol. The lowest BCUT2D eigenvalue weighted by Gasteiger charge is -2.18. The molecule has 1 atom stereocenters. The van der Waals surface area contributed by atoms with E-state index in [0.29, 0.717) is 17.0 Å². The Labute approximate surface area is 163 Å². The second kappa shape index (κ2) is 11.3. The molecule has 8 heteroatoms. The van der Waals surface area contributed by atoms with Gasteiger partial charge in [-0.2, -0.15) is 0 Å². The van der Waals surface area contributed by atoms with E-state index in [1.165, 1.54) is 7.11 Å². The maximum Gasteiger partial charge on any atom is 0.328 e. The Balaban J connectivity index is 2.39. The summed E-state index contributed by atoms with van der Waals surface area (Å²) in [5.74, 6) is -1.90. The molecule has 27 heavy (non-hydrogen) atoms. The number of ketones is 1. The Bertz CT molecular complexity index is 671. The molecule has 1 rings (SSSR count). The van der Waals surface area contributed by atoms with Crippen molar-refractivity contribution in [2.75, 3.05) is 13.7 Å². The number of ether oxygens (including phenoxy) is 2. The summed E-state index contributed by atoms with van der Waals surface area (Å²) in [4.78, 5) is 47.2. The van der Waals surface area contributed by atoms with Crippen LogP contribution in [0.15, 0.2) is 24.3 Å². The fourth-order valence-electron chi connectivity index (χ4n) is 2.28. The molecule has 148 valence electrons. The van der Waals surface area contributed by atoms with Crippen LogP contribution in [0.2, 0.25) is 5.02 Å². The Kier molecular flexibility index (Phi) is 9.50. The van der Waals surface area contributed by atoms with Crippen molar-refractivity contribution in [3.63, 3.8) is 0 Å². The van der Waals surface area contributed by atoms with Gasteiger partial charge < -0.3 is 14.8 Å². The molecule has 0 spiro atoms. The predicted octanol–water partition coefficient (Wildman–Crippen LogP) is 2.55. The molecule has 0 aromatic heterocycles. The van der Waals surface area contributed by atoms with Crippen LogP contribution in [0.3, 0.4) is 0 Å². The van der Waals surface area contributed by atoms with Gasteiger partial charge in [0.15, 0.2) is 12.4 Å². The highest BCUT2D eigenvalue weighted by Crippen LogP contribution is 2.12. The van der Waals surface area contributed by atoms with Crippen LogP contribution in [0, 0.1) is 5.92 Å². The smallest absolute Gasteiger partial charge is 0.328 e. The van der Waals surface area contributed by atoms with E-state index in [0.717, 1.165) is 0 Å². The van der Waals surface area contributed by atoms with Gasteiger partial charge in [-0.05, 0) is 36.6 Å². The number of amides is 1. The highest BCUT2D eigenvalue weighted by molar-refractivity contribution is 6.30.